The maximum Gasteiger partial charge on any atom is 0.326 e. The molecule has 0 aromatic carbocycles. The minimum atomic E-state index is -3.17. The SMILES string of the molecule is O=C(CN1C(=O)C2CCCCC2C1=O)OCC(=O)N(C1CCCCC1)C1CCS(=O)(=O)C1. The van der Waals surface area contributed by atoms with Crippen molar-refractivity contribution in [1.82, 2.24) is 9.80 Å². The Hall–Kier alpha value is -1.97. The quantitative estimate of drug-likeness (QED) is 0.422. The number of carbonyl (C=O) groups is 4. The Morgan fingerprint density at radius 2 is 1.47 bits per heavy atom. The Labute approximate surface area is 188 Å². The summed E-state index contributed by atoms with van der Waals surface area (Å²) in [6.07, 6.45) is 8.23. The zero-order valence-corrected chi connectivity index (χ0v) is 19.2. The van der Waals surface area contributed by atoms with E-state index in [1.54, 1.807) is 4.90 Å². The number of ether oxygens (including phenoxy) is 1. The van der Waals surface area contributed by atoms with E-state index in [2.05, 4.69) is 0 Å². The first kappa shape index (κ1) is 23.2. The first-order valence-corrected chi connectivity index (χ1v) is 13.6. The highest BCUT2D eigenvalue weighted by atomic mass is 32.2. The highest BCUT2D eigenvalue weighted by Crippen LogP contribution is 2.38. The molecular formula is C22H32N2O7S. The number of likely N-dealkylation sites (tertiary alicyclic amines) is 1. The lowest BCUT2D eigenvalue weighted by Crippen LogP contribution is -2.50. The summed E-state index contributed by atoms with van der Waals surface area (Å²) >= 11 is 0. The van der Waals surface area contributed by atoms with Crippen LogP contribution in [0.5, 0.6) is 0 Å². The maximum atomic E-state index is 13.0. The van der Waals surface area contributed by atoms with Crippen molar-refractivity contribution >= 4 is 33.5 Å². The lowest BCUT2D eigenvalue weighted by Gasteiger charge is -2.38. The van der Waals surface area contributed by atoms with Crippen molar-refractivity contribution in [2.24, 2.45) is 11.8 Å². The van der Waals surface area contributed by atoms with Crippen molar-refractivity contribution in [2.75, 3.05) is 24.7 Å². The second kappa shape index (κ2) is 9.49. The topological polar surface area (TPSA) is 118 Å². The molecule has 3 amide bonds. The van der Waals surface area contributed by atoms with E-state index in [-0.39, 0.29) is 47.2 Å². The predicted molar refractivity (Wildman–Crippen MR) is 114 cm³/mol. The summed E-state index contributed by atoms with van der Waals surface area (Å²) in [6.45, 7) is -0.978. The van der Waals surface area contributed by atoms with Gasteiger partial charge in [0.05, 0.1) is 23.3 Å². The van der Waals surface area contributed by atoms with Crippen molar-refractivity contribution in [1.29, 1.82) is 0 Å². The highest BCUT2D eigenvalue weighted by Gasteiger charge is 2.48. The molecule has 0 N–H and O–H groups in total. The van der Waals surface area contributed by atoms with Gasteiger partial charge in [-0.3, -0.25) is 24.1 Å². The summed E-state index contributed by atoms with van der Waals surface area (Å²) in [4.78, 5) is 53.1. The van der Waals surface area contributed by atoms with Gasteiger partial charge in [0.15, 0.2) is 16.4 Å². The second-order valence-electron chi connectivity index (χ2n) is 9.57. The van der Waals surface area contributed by atoms with E-state index in [0.717, 1.165) is 49.8 Å². The summed E-state index contributed by atoms with van der Waals surface area (Å²) in [5.74, 6) is -2.49. The molecule has 0 bridgehead atoms. The van der Waals surface area contributed by atoms with Gasteiger partial charge in [0.25, 0.3) is 5.91 Å². The number of rotatable bonds is 6. The number of hydrogen-bond acceptors (Lipinski definition) is 7. The van der Waals surface area contributed by atoms with Crippen LogP contribution in [0.25, 0.3) is 0 Å². The van der Waals surface area contributed by atoms with Crippen molar-refractivity contribution in [2.45, 2.75) is 76.3 Å². The molecule has 32 heavy (non-hydrogen) atoms. The van der Waals surface area contributed by atoms with Crippen LogP contribution in [-0.4, -0.2) is 78.6 Å². The van der Waals surface area contributed by atoms with Gasteiger partial charge >= 0.3 is 5.97 Å². The van der Waals surface area contributed by atoms with Gasteiger partial charge < -0.3 is 9.64 Å². The fraction of sp³-hybridized carbons (Fsp3) is 0.818. The standard InChI is InChI=1S/C22H32N2O7S/c25-19(24(15-6-2-1-3-7-15)16-10-11-32(29,30)14-16)13-31-20(26)12-23-21(27)17-8-4-5-9-18(17)22(23)28/h15-18H,1-14H2. The van der Waals surface area contributed by atoms with Crippen LogP contribution in [0, 0.1) is 11.8 Å². The molecular weight excluding hydrogens is 436 g/mol. The summed E-state index contributed by atoms with van der Waals surface area (Å²) in [7, 11) is -3.17. The number of sulfone groups is 1. The van der Waals surface area contributed by atoms with E-state index in [9.17, 15) is 27.6 Å². The van der Waals surface area contributed by atoms with E-state index >= 15 is 0 Å². The van der Waals surface area contributed by atoms with Gasteiger partial charge in [-0.05, 0) is 32.1 Å². The summed E-state index contributed by atoms with van der Waals surface area (Å²) in [6, 6.07) is -0.433. The first-order chi connectivity index (χ1) is 15.3. The molecule has 0 radical (unpaired) electrons. The largest absolute Gasteiger partial charge is 0.454 e. The molecule has 2 aliphatic carbocycles. The Morgan fingerprint density at radius 1 is 0.875 bits per heavy atom. The van der Waals surface area contributed by atoms with Gasteiger partial charge in [-0.15, -0.1) is 0 Å². The monoisotopic (exact) mass is 468 g/mol. The predicted octanol–water partition coefficient (Wildman–Crippen LogP) is 1.05. The molecule has 4 rings (SSSR count). The number of fused-ring (bicyclic) bond motifs is 1. The van der Waals surface area contributed by atoms with Crippen LogP contribution in [0.2, 0.25) is 0 Å². The van der Waals surface area contributed by atoms with Crippen LogP contribution in [0.3, 0.4) is 0 Å². The minimum absolute atomic E-state index is 0.0434. The Balaban J connectivity index is 1.35. The number of nitrogens with zero attached hydrogens (tertiary/aromatic N) is 2. The molecule has 2 saturated carbocycles. The average molecular weight is 469 g/mol. The number of imide groups is 1. The average Bonchev–Trinajstić information content (AvgIpc) is 3.25. The third-order valence-electron chi connectivity index (χ3n) is 7.43. The summed E-state index contributed by atoms with van der Waals surface area (Å²) in [5.41, 5.74) is 0. The van der Waals surface area contributed by atoms with E-state index in [0.29, 0.717) is 19.3 Å². The molecule has 3 atom stereocenters. The van der Waals surface area contributed by atoms with Crippen molar-refractivity contribution in [3.8, 4) is 0 Å². The lowest BCUT2D eigenvalue weighted by atomic mass is 9.81. The Kier molecular flexibility index (Phi) is 6.88. The summed E-state index contributed by atoms with van der Waals surface area (Å²) < 4.78 is 29.1. The third-order valence-corrected chi connectivity index (χ3v) is 9.18. The van der Waals surface area contributed by atoms with Gasteiger partial charge in [0, 0.05) is 12.1 Å². The fourth-order valence-electron chi connectivity index (χ4n) is 5.84. The molecule has 0 aromatic rings. The second-order valence-corrected chi connectivity index (χ2v) is 11.8. The normalized spacial score (nSPS) is 30.2. The van der Waals surface area contributed by atoms with E-state index < -0.39 is 34.9 Å². The van der Waals surface area contributed by atoms with Crippen LogP contribution < -0.4 is 0 Å². The molecule has 10 heteroatoms. The van der Waals surface area contributed by atoms with Crippen molar-refractivity contribution in [3.63, 3.8) is 0 Å². The van der Waals surface area contributed by atoms with Crippen molar-refractivity contribution in [3.05, 3.63) is 0 Å². The van der Waals surface area contributed by atoms with Gasteiger partial charge in [-0.2, -0.15) is 0 Å². The molecule has 178 valence electrons. The molecule has 0 spiro atoms. The van der Waals surface area contributed by atoms with E-state index in [4.69, 9.17) is 4.74 Å². The number of hydrogen-bond donors (Lipinski definition) is 0. The number of amides is 3. The highest BCUT2D eigenvalue weighted by molar-refractivity contribution is 7.91. The molecule has 2 aliphatic heterocycles. The Bertz CT molecular complexity index is 857. The Morgan fingerprint density at radius 3 is 2.03 bits per heavy atom. The zero-order valence-electron chi connectivity index (χ0n) is 18.4. The molecule has 2 saturated heterocycles. The van der Waals surface area contributed by atoms with Crippen LogP contribution in [0.4, 0.5) is 0 Å². The van der Waals surface area contributed by atoms with Crippen molar-refractivity contribution < 1.29 is 32.3 Å². The molecule has 3 unspecified atom stereocenters. The molecule has 4 fully saturated rings. The van der Waals surface area contributed by atoms with Gasteiger partial charge in [0.2, 0.25) is 11.8 Å². The molecule has 4 aliphatic rings. The van der Waals surface area contributed by atoms with Gasteiger partial charge in [-0.25, -0.2) is 8.42 Å². The molecule has 0 aromatic heterocycles. The van der Waals surface area contributed by atoms with Crippen LogP contribution >= 0.6 is 0 Å². The van der Waals surface area contributed by atoms with E-state index in [1.165, 1.54) is 0 Å². The molecule has 2 heterocycles. The van der Waals surface area contributed by atoms with Gasteiger partial charge in [0.1, 0.15) is 6.54 Å². The first-order valence-electron chi connectivity index (χ1n) is 11.8. The van der Waals surface area contributed by atoms with Crippen LogP contribution in [0.1, 0.15) is 64.2 Å². The fourth-order valence-corrected chi connectivity index (χ4v) is 7.55. The number of carbonyl (C=O) groups excluding carboxylic acids is 4. The van der Waals surface area contributed by atoms with Crippen LogP contribution in [0.15, 0.2) is 0 Å². The lowest BCUT2D eigenvalue weighted by molar-refractivity contribution is -0.158. The minimum Gasteiger partial charge on any atom is -0.454 e. The number of esters is 1. The third kappa shape index (κ3) is 4.84. The summed E-state index contributed by atoms with van der Waals surface area (Å²) in [5, 5.41) is 0. The van der Waals surface area contributed by atoms with Crippen LogP contribution in [-0.2, 0) is 33.8 Å². The molecule has 9 nitrogen and oxygen atoms in total. The smallest absolute Gasteiger partial charge is 0.326 e. The maximum absolute atomic E-state index is 13.0. The van der Waals surface area contributed by atoms with Gasteiger partial charge in [-0.1, -0.05) is 32.1 Å². The van der Waals surface area contributed by atoms with E-state index in [1.807, 2.05) is 0 Å². The zero-order chi connectivity index (χ0) is 22.9.